The minimum absolute atomic E-state index is 0.0146. The number of carboxylic acids is 2. The van der Waals surface area contributed by atoms with Crippen LogP contribution in [0.4, 0.5) is 0 Å². The van der Waals surface area contributed by atoms with Crippen LogP contribution in [0, 0.1) is 0 Å². The van der Waals surface area contributed by atoms with Crippen LogP contribution in [0.25, 0.3) is 0 Å². The second kappa shape index (κ2) is 20.3. The monoisotopic (exact) mass is 670 g/mol. The second-order valence-electron chi connectivity index (χ2n) is 10.4. The molecule has 48 heavy (non-hydrogen) atoms. The average molecular weight is 671 g/mol. The van der Waals surface area contributed by atoms with Crippen molar-refractivity contribution in [3.8, 4) is 0 Å². The van der Waals surface area contributed by atoms with Crippen molar-refractivity contribution in [2.24, 2.45) is 0 Å². The molecule has 0 saturated heterocycles. The Morgan fingerprint density at radius 1 is 0.333 bits per heavy atom. The molecule has 0 bridgehead atoms. The summed E-state index contributed by atoms with van der Waals surface area (Å²) in [6.45, 7) is 0. The number of carboxylic acid groups (broad SMARTS) is 2. The molecule has 0 aliphatic heterocycles. The van der Waals surface area contributed by atoms with Crippen molar-refractivity contribution in [3.05, 3.63) is 182 Å². The summed E-state index contributed by atoms with van der Waals surface area (Å²) < 4.78 is 0. The van der Waals surface area contributed by atoms with E-state index in [2.05, 4.69) is 182 Å². The van der Waals surface area contributed by atoms with Gasteiger partial charge in [0.15, 0.2) is 29.4 Å². The van der Waals surface area contributed by atoms with Gasteiger partial charge in [-0.05, 0) is 98.5 Å². The zero-order valence-corrected chi connectivity index (χ0v) is 28.2. The normalized spacial score (nSPS) is 10.3. The Morgan fingerprint density at radius 3 is 0.646 bits per heavy atom. The van der Waals surface area contributed by atoms with E-state index in [9.17, 15) is 19.8 Å². The third-order valence-corrected chi connectivity index (χ3v) is 11.3. The highest BCUT2D eigenvalue weighted by atomic mass is 32.2. The minimum Gasteiger partial charge on any atom is -0.550 e. The maximum atomic E-state index is 9.77. The maximum Gasteiger partial charge on any atom is 0.166 e. The first kappa shape index (κ1) is 35.8. The van der Waals surface area contributed by atoms with Gasteiger partial charge in [0.25, 0.3) is 0 Å². The van der Waals surface area contributed by atoms with Gasteiger partial charge in [-0.2, -0.15) is 0 Å². The van der Waals surface area contributed by atoms with Crippen LogP contribution in [-0.2, 0) is 31.4 Å². The Bertz CT molecular complexity index is 1430. The van der Waals surface area contributed by atoms with Crippen molar-refractivity contribution in [1.29, 1.82) is 0 Å². The first-order chi connectivity index (χ1) is 23.5. The van der Waals surface area contributed by atoms with Gasteiger partial charge in [-0.25, -0.2) is 0 Å². The van der Waals surface area contributed by atoms with Crippen molar-refractivity contribution in [3.63, 3.8) is 0 Å². The van der Waals surface area contributed by atoms with Gasteiger partial charge in [-0.3, -0.25) is 0 Å². The molecule has 0 spiro atoms. The molecule has 0 fully saturated rings. The summed E-state index contributed by atoms with van der Waals surface area (Å²) in [6, 6.07) is 64.3. The number of hydrogen-bond acceptors (Lipinski definition) is 4. The largest absolute Gasteiger partial charge is 0.550 e. The van der Waals surface area contributed by atoms with Crippen molar-refractivity contribution >= 4 is 33.7 Å². The van der Waals surface area contributed by atoms with Crippen LogP contribution in [0.1, 0.15) is 25.7 Å². The standard InChI is InChI=1S/2C18H15S.C6H10O4/c2*1-4-10-16(11-5-1)19(17-12-6-2-7-13-17)18-14-8-3-9-15-18;7-5(8)3-1-2-4-6(9)10/h2*1-15H;1-4H2,(H,7,8)(H,9,10)/q2*+1;/p-2. The molecule has 6 aromatic rings. The minimum atomic E-state index is -1.14. The molecule has 0 saturated carbocycles. The molecule has 0 aliphatic rings. The number of unbranched alkanes of at least 4 members (excludes halogenated alkanes) is 1. The van der Waals surface area contributed by atoms with Gasteiger partial charge in [0, 0.05) is 11.9 Å². The van der Waals surface area contributed by atoms with Crippen LogP contribution in [0.2, 0.25) is 0 Å². The van der Waals surface area contributed by atoms with E-state index in [-0.39, 0.29) is 34.6 Å². The molecule has 4 nitrogen and oxygen atoms in total. The first-order valence-electron chi connectivity index (χ1n) is 15.7. The van der Waals surface area contributed by atoms with Crippen molar-refractivity contribution in [2.75, 3.05) is 0 Å². The van der Waals surface area contributed by atoms with Gasteiger partial charge in [-0.1, -0.05) is 109 Å². The Hall–Kier alpha value is -5.04. The number of hydrogen-bond donors (Lipinski definition) is 0. The summed E-state index contributed by atoms with van der Waals surface area (Å²) in [5, 5.41) is 19.5. The predicted molar refractivity (Wildman–Crippen MR) is 191 cm³/mol. The zero-order chi connectivity index (χ0) is 33.8. The van der Waals surface area contributed by atoms with Crippen LogP contribution in [0.5, 0.6) is 0 Å². The maximum absolute atomic E-state index is 9.77. The molecule has 0 heterocycles. The van der Waals surface area contributed by atoms with Gasteiger partial charge in [0.2, 0.25) is 0 Å². The second-order valence-corrected chi connectivity index (χ2v) is 14.5. The lowest BCUT2D eigenvalue weighted by Crippen LogP contribution is -2.23. The van der Waals surface area contributed by atoms with Crippen molar-refractivity contribution in [2.45, 2.75) is 55.1 Å². The van der Waals surface area contributed by atoms with E-state index in [1.807, 2.05) is 0 Å². The van der Waals surface area contributed by atoms with E-state index >= 15 is 0 Å². The Kier molecular flexibility index (Phi) is 15.1. The molecule has 6 aromatic carbocycles. The molecular weight excluding hydrogens is 633 g/mol. The van der Waals surface area contributed by atoms with Crippen molar-refractivity contribution < 1.29 is 19.8 Å². The van der Waals surface area contributed by atoms with Crippen LogP contribution in [-0.4, -0.2) is 11.9 Å². The molecule has 0 amide bonds. The lowest BCUT2D eigenvalue weighted by atomic mass is 10.2. The van der Waals surface area contributed by atoms with Gasteiger partial charge in [0.1, 0.15) is 0 Å². The molecule has 0 unspecified atom stereocenters. The zero-order valence-electron chi connectivity index (χ0n) is 26.6. The summed E-state index contributed by atoms with van der Waals surface area (Å²) in [4.78, 5) is 27.7. The number of benzene rings is 6. The molecule has 0 atom stereocenters. The van der Waals surface area contributed by atoms with Crippen LogP contribution in [0.15, 0.2) is 211 Å². The van der Waals surface area contributed by atoms with E-state index in [0.717, 1.165) is 0 Å². The van der Waals surface area contributed by atoms with Gasteiger partial charge >= 0.3 is 0 Å². The molecule has 0 aromatic heterocycles. The Labute approximate surface area is 289 Å². The van der Waals surface area contributed by atoms with E-state index in [4.69, 9.17) is 0 Å². The topological polar surface area (TPSA) is 80.3 Å². The third kappa shape index (κ3) is 12.0. The average Bonchev–Trinajstić information content (AvgIpc) is 3.14. The molecular formula is C42H38O4S2. The highest BCUT2D eigenvalue weighted by Crippen LogP contribution is 2.31. The molecule has 0 radical (unpaired) electrons. The van der Waals surface area contributed by atoms with E-state index in [1.54, 1.807) is 0 Å². The van der Waals surface area contributed by atoms with E-state index in [0.29, 0.717) is 12.8 Å². The lowest BCUT2D eigenvalue weighted by molar-refractivity contribution is -0.308. The number of rotatable bonds is 11. The first-order valence-corrected chi connectivity index (χ1v) is 18.2. The summed E-state index contributed by atoms with van der Waals surface area (Å²) in [6.07, 6.45) is 0.535. The summed E-state index contributed by atoms with van der Waals surface area (Å²) in [5.41, 5.74) is 0. The highest BCUT2D eigenvalue weighted by Gasteiger charge is 2.28. The molecule has 0 N–H and O–H groups in total. The van der Waals surface area contributed by atoms with Crippen molar-refractivity contribution in [1.82, 2.24) is 0 Å². The smallest absolute Gasteiger partial charge is 0.166 e. The number of aliphatic carboxylic acids is 2. The predicted octanol–water partition coefficient (Wildman–Crippen LogP) is 7.61. The highest BCUT2D eigenvalue weighted by molar-refractivity contribution is 7.97. The molecule has 6 rings (SSSR count). The summed E-state index contributed by atoms with van der Waals surface area (Å²) in [7, 11) is -0.0293. The Balaban J connectivity index is 0.000000172. The van der Waals surface area contributed by atoms with E-state index < -0.39 is 11.9 Å². The molecule has 242 valence electrons. The summed E-state index contributed by atoms with van der Waals surface area (Å²) >= 11 is 0. The molecule has 6 heteroatoms. The van der Waals surface area contributed by atoms with Gasteiger partial charge in [0.05, 0.1) is 21.8 Å². The number of carbonyl (C=O) groups excluding carboxylic acids is 2. The Morgan fingerprint density at radius 2 is 0.500 bits per heavy atom. The van der Waals surface area contributed by atoms with Crippen LogP contribution < -0.4 is 10.2 Å². The lowest BCUT2D eigenvalue weighted by Gasteiger charge is -2.07. The summed E-state index contributed by atoms with van der Waals surface area (Å²) in [5.74, 6) is -2.28. The van der Waals surface area contributed by atoms with Gasteiger partial charge in [-0.15, -0.1) is 0 Å². The fraction of sp³-hybridized carbons (Fsp3) is 0.0952. The fourth-order valence-corrected chi connectivity index (χ4v) is 8.90. The number of carbonyl (C=O) groups is 2. The van der Waals surface area contributed by atoms with Crippen LogP contribution >= 0.6 is 0 Å². The SMILES string of the molecule is O=C([O-])CCCCC(=O)[O-].c1ccc([S+](c2ccccc2)c2ccccc2)cc1.c1ccc([S+](c2ccccc2)c2ccccc2)cc1. The molecule has 0 aliphatic carbocycles. The third-order valence-electron chi connectivity index (χ3n) is 6.89. The van der Waals surface area contributed by atoms with Crippen LogP contribution in [0.3, 0.4) is 0 Å². The fourth-order valence-electron chi connectivity index (χ4n) is 4.69. The van der Waals surface area contributed by atoms with Gasteiger partial charge < -0.3 is 19.8 Å². The quantitative estimate of drug-likeness (QED) is 0.105. The van der Waals surface area contributed by atoms with E-state index in [1.165, 1.54) is 29.4 Å².